The molecule has 0 atom stereocenters. The predicted octanol–water partition coefficient (Wildman–Crippen LogP) is 2.53. The van der Waals surface area contributed by atoms with Gasteiger partial charge in [0.15, 0.2) is 5.71 Å². The second kappa shape index (κ2) is 6.71. The maximum Gasteiger partial charge on any atom is 0.355 e. The van der Waals surface area contributed by atoms with E-state index in [4.69, 9.17) is 9.57 Å². The number of oxime groups is 1. The van der Waals surface area contributed by atoms with Gasteiger partial charge in [-0.2, -0.15) is 0 Å². The van der Waals surface area contributed by atoms with Crippen molar-refractivity contribution in [2.24, 2.45) is 5.16 Å². The third-order valence-corrected chi connectivity index (χ3v) is 4.83. The van der Waals surface area contributed by atoms with Gasteiger partial charge in [-0.25, -0.2) is 4.79 Å². The normalized spacial score (nSPS) is 20.2. The number of hydrogen-bond donors (Lipinski definition) is 0. The molecule has 2 aliphatic heterocycles. The fraction of sp³-hybridized carbons (Fsp3) is 0.556. The minimum Gasteiger partial charge on any atom is -0.464 e. The first-order chi connectivity index (χ1) is 11.1. The highest BCUT2D eigenvalue weighted by molar-refractivity contribution is 6.36. The maximum atomic E-state index is 11.6. The Bertz CT molecular complexity index is 604. The summed E-state index contributed by atoms with van der Waals surface area (Å²) in [6.45, 7) is 5.06. The molecule has 3 rings (SSSR count). The van der Waals surface area contributed by atoms with Gasteiger partial charge in [0.2, 0.25) is 0 Å². The van der Waals surface area contributed by atoms with Crippen LogP contribution in [0.1, 0.15) is 37.3 Å². The van der Waals surface area contributed by atoms with Gasteiger partial charge >= 0.3 is 5.97 Å². The van der Waals surface area contributed by atoms with Crippen molar-refractivity contribution in [3.8, 4) is 0 Å². The van der Waals surface area contributed by atoms with Crippen LogP contribution in [0.25, 0.3) is 0 Å². The van der Waals surface area contributed by atoms with Gasteiger partial charge in [-0.3, -0.25) is 4.90 Å². The van der Waals surface area contributed by atoms with Gasteiger partial charge in [-0.05, 0) is 17.5 Å². The van der Waals surface area contributed by atoms with Crippen LogP contribution in [0, 0.1) is 0 Å². The molecule has 0 N–H and O–H groups in total. The number of piperidine rings is 1. The minimum absolute atomic E-state index is 0.300. The molecule has 2 aliphatic rings. The lowest BCUT2D eigenvalue weighted by molar-refractivity contribution is -0.132. The van der Waals surface area contributed by atoms with E-state index in [1.807, 2.05) is 0 Å². The number of benzene rings is 1. The number of carbonyl (C=O) groups is 1. The number of methoxy groups -OCH3 is 1. The summed E-state index contributed by atoms with van der Waals surface area (Å²) >= 11 is 0. The van der Waals surface area contributed by atoms with Crippen LogP contribution in [0.3, 0.4) is 0 Å². The number of esters is 1. The van der Waals surface area contributed by atoms with Crippen molar-refractivity contribution < 1.29 is 14.4 Å². The van der Waals surface area contributed by atoms with Crippen LogP contribution in [0.5, 0.6) is 0 Å². The summed E-state index contributed by atoms with van der Waals surface area (Å²) in [5.74, 6) is -0.374. The maximum absolute atomic E-state index is 11.6. The summed E-state index contributed by atoms with van der Waals surface area (Å²) in [6, 6.07) is 8.78. The third-order valence-electron chi connectivity index (χ3n) is 4.83. The first-order valence-corrected chi connectivity index (χ1v) is 8.28. The summed E-state index contributed by atoms with van der Waals surface area (Å²) in [4.78, 5) is 19.6. The monoisotopic (exact) mass is 316 g/mol. The van der Waals surface area contributed by atoms with Gasteiger partial charge in [-0.1, -0.05) is 36.3 Å². The molecule has 1 saturated heterocycles. The van der Waals surface area contributed by atoms with E-state index < -0.39 is 0 Å². The lowest BCUT2D eigenvalue weighted by atomic mass is 9.86. The lowest BCUT2D eigenvalue weighted by Gasteiger charge is -2.37. The van der Waals surface area contributed by atoms with Crippen LogP contribution in [0.4, 0.5) is 0 Å². The average Bonchev–Trinajstić information content (AvgIpc) is 3.00. The van der Waals surface area contributed by atoms with Crippen molar-refractivity contribution in [3.63, 3.8) is 0 Å². The van der Waals surface area contributed by atoms with E-state index in [2.05, 4.69) is 41.2 Å². The van der Waals surface area contributed by atoms with E-state index in [0.717, 1.165) is 38.9 Å². The zero-order chi connectivity index (χ0) is 16.3. The fourth-order valence-electron chi connectivity index (χ4n) is 3.34. The number of hydrogen-bond acceptors (Lipinski definition) is 5. The minimum atomic E-state index is -0.374. The average molecular weight is 316 g/mol. The molecule has 124 valence electrons. The van der Waals surface area contributed by atoms with Crippen molar-refractivity contribution in [1.29, 1.82) is 0 Å². The first-order valence-electron chi connectivity index (χ1n) is 8.28. The van der Waals surface area contributed by atoms with Gasteiger partial charge in [0.25, 0.3) is 0 Å². The molecule has 1 fully saturated rings. The first kappa shape index (κ1) is 16.0. The molecule has 0 unspecified atom stereocenters. The second-order valence-electron chi connectivity index (χ2n) is 6.43. The zero-order valence-corrected chi connectivity index (χ0v) is 13.9. The Balaban J connectivity index is 1.54. The van der Waals surface area contributed by atoms with Gasteiger partial charge in [0.05, 0.1) is 7.11 Å². The Labute approximate surface area is 137 Å². The molecule has 0 aromatic heterocycles. The number of likely N-dealkylation sites (tertiary alicyclic amines) is 1. The summed E-state index contributed by atoms with van der Waals surface area (Å²) in [6.07, 6.45) is 3.42. The summed E-state index contributed by atoms with van der Waals surface area (Å²) < 4.78 is 4.73. The van der Waals surface area contributed by atoms with E-state index >= 15 is 0 Å². The molecular formula is C18H24N2O3. The lowest BCUT2D eigenvalue weighted by Crippen LogP contribution is -2.44. The van der Waals surface area contributed by atoms with Crippen molar-refractivity contribution in [2.45, 2.75) is 44.8 Å². The number of nitrogens with zero attached hydrogens (tertiary/aromatic N) is 2. The highest BCUT2D eigenvalue weighted by atomic mass is 16.7. The van der Waals surface area contributed by atoms with Gasteiger partial charge in [-0.15, -0.1) is 0 Å². The van der Waals surface area contributed by atoms with Crippen LogP contribution >= 0.6 is 0 Å². The van der Waals surface area contributed by atoms with Crippen molar-refractivity contribution in [3.05, 3.63) is 35.4 Å². The number of rotatable bonds is 4. The molecule has 0 bridgehead atoms. The van der Waals surface area contributed by atoms with E-state index in [-0.39, 0.29) is 11.6 Å². The van der Waals surface area contributed by atoms with Crippen molar-refractivity contribution >= 4 is 11.7 Å². The Hall–Kier alpha value is -1.88. The molecule has 5 heteroatoms. The fourth-order valence-corrected chi connectivity index (χ4v) is 3.34. The van der Waals surface area contributed by atoms with Crippen LogP contribution in [-0.2, 0) is 27.3 Å². The van der Waals surface area contributed by atoms with Gasteiger partial charge in [0, 0.05) is 38.9 Å². The molecule has 2 heterocycles. The van der Waals surface area contributed by atoms with Gasteiger partial charge in [0.1, 0.15) is 5.60 Å². The Morgan fingerprint density at radius 3 is 2.78 bits per heavy atom. The largest absolute Gasteiger partial charge is 0.464 e. The SMILES string of the molecule is CCc1cccc(CN2CCC3(CC2)CC(C(=O)OC)=NO3)c1. The van der Waals surface area contributed by atoms with Crippen molar-refractivity contribution in [1.82, 2.24) is 4.90 Å². The van der Waals surface area contributed by atoms with E-state index in [1.165, 1.54) is 18.2 Å². The number of aryl methyl sites for hydroxylation is 1. The Morgan fingerprint density at radius 2 is 2.09 bits per heavy atom. The molecular weight excluding hydrogens is 292 g/mol. The smallest absolute Gasteiger partial charge is 0.355 e. The van der Waals surface area contributed by atoms with Crippen molar-refractivity contribution in [2.75, 3.05) is 20.2 Å². The summed E-state index contributed by atoms with van der Waals surface area (Å²) in [7, 11) is 1.38. The number of carbonyl (C=O) groups excluding carboxylic acids is 1. The van der Waals surface area contributed by atoms with Gasteiger partial charge < -0.3 is 9.57 Å². The molecule has 1 spiro atoms. The van der Waals surface area contributed by atoms with Crippen LogP contribution in [0.15, 0.2) is 29.4 Å². The summed E-state index contributed by atoms with van der Waals surface area (Å²) in [5, 5.41) is 3.94. The molecule has 0 radical (unpaired) electrons. The quantitative estimate of drug-likeness (QED) is 0.801. The molecule has 0 saturated carbocycles. The Morgan fingerprint density at radius 1 is 1.35 bits per heavy atom. The number of ether oxygens (including phenoxy) is 1. The van der Waals surface area contributed by atoms with Crippen LogP contribution < -0.4 is 0 Å². The molecule has 5 nitrogen and oxygen atoms in total. The molecule has 23 heavy (non-hydrogen) atoms. The topological polar surface area (TPSA) is 51.1 Å². The molecule has 1 aromatic rings. The third kappa shape index (κ3) is 3.55. The highest BCUT2D eigenvalue weighted by Gasteiger charge is 2.43. The second-order valence-corrected chi connectivity index (χ2v) is 6.43. The van der Waals surface area contributed by atoms with Crippen LogP contribution in [-0.4, -0.2) is 42.4 Å². The van der Waals surface area contributed by atoms with E-state index in [1.54, 1.807) is 0 Å². The molecule has 1 aromatic carbocycles. The Kier molecular flexibility index (Phi) is 4.66. The highest BCUT2D eigenvalue weighted by Crippen LogP contribution is 2.35. The molecule has 0 aliphatic carbocycles. The zero-order valence-electron chi connectivity index (χ0n) is 13.9. The van der Waals surface area contributed by atoms with E-state index in [0.29, 0.717) is 12.1 Å². The summed E-state index contributed by atoms with van der Waals surface area (Å²) in [5.41, 5.74) is 2.85. The molecule has 0 amide bonds. The van der Waals surface area contributed by atoms with Crippen LogP contribution in [0.2, 0.25) is 0 Å². The predicted molar refractivity (Wildman–Crippen MR) is 88.2 cm³/mol. The van der Waals surface area contributed by atoms with E-state index in [9.17, 15) is 4.79 Å². The standard InChI is InChI=1S/C18H24N2O3/c1-3-14-5-4-6-15(11-14)13-20-9-7-18(8-10-20)12-16(19-23-18)17(21)22-2/h4-6,11H,3,7-10,12-13H2,1-2H3.